The molecule has 8 nitrogen and oxygen atoms in total. The summed E-state index contributed by atoms with van der Waals surface area (Å²) >= 11 is 0. The number of ether oxygens (including phenoxy) is 1. The summed E-state index contributed by atoms with van der Waals surface area (Å²) in [5.74, 6) is 0.0604. The molecule has 5 aromatic heterocycles. The molecule has 2 N–H and O–H groups in total. The van der Waals surface area contributed by atoms with Crippen molar-refractivity contribution in [3.05, 3.63) is 78.6 Å². The Bertz CT molecular complexity index is 1820. The summed E-state index contributed by atoms with van der Waals surface area (Å²) in [5, 5.41) is 9.39. The van der Waals surface area contributed by atoms with E-state index in [1.165, 1.54) is 37.6 Å². The molecule has 0 radical (unpaired) electrons. The predicted octanol–water partition coefficient (Wildman–Crippen LogP) is 5.97. The van der Waals surface area contributed by atoms with Gasteiger partial charge in [0.1, 0.15) is 17.3 Å². The number of methoxy groups -OCH3 is 1. The van der Waals surface area contributed by atoms with Gasteiger partial charge in [-0.2, -0.15) is 5.10 Å². The second kappa shape index (κ2) is 9.59. The Morgan fingerprint density at radius 1 is 0.897 bits per heavy atom. The van der Waals surface area contributed by atoms with Crippen LogP contribution in [0.1, 0.15) is 18.4 Å². The van der Waals surface area contributed by atoms with Gasteiger partial charge >= 0.3 is 0 Å². The lowest BCUT2D eigenvalue weighted by Crippen LogP contribution is -2.18. The molecule has 1 aliphatic rings. The summed E-state index contributed by atoms with van der Waals surface area (Å²) in [7, 11) is 1.52. The smallest absolute Gasteiger partial charge is 0.155 e. The lowest BCUT2D eigenvalue weighted by atomic mass is 10.0. The molecule has 1 fully saturated rings. The third-order valence-electron chi connectivity index (χ3n) is 7.33. The lowest BCUT2D eigenvalue weighted by Gasteiger charge is -2.14. The van der Waals surface area contributed by atoms with E-state index in [9.17, 15) is 4.39 Å². The van der Waals surface area contributed by atoms with Crippen LogP contribution in [-0.2, 0) is 6.54 Å². The minimum atomic E-state index is -0.380. The number of fused-ring (bicyclic) bond motifs is 2. The number of aromatic amines is 2. The third kappa shape index (κ3) is 4.40. The Labute approximate surface area is 223 Å². The van der Waals surface area contributed by atoms with E-state index in [0.717, 1.165) is 58.4 Å². The first-order chi connectivity index (χ1) is 19.1. The van der Waals surface area contributed by atoms with Gasteiger partial charge in [0, 0.05) is 70.4 Å². The molecule has 194 valence electrons. The first-order valence-electron chi connectivity index (χ1n) is 13.0. The lowest BCUT2D eigenvalue weighted by molar-refractivity contribution is 0.331. The molecular weight excluding hydrogens is 493 g/mol. The van der Waals surface area contributed by atoms with Gasteiger partial charge in [-0.1, -0.05) is 0 Å². The summed E-state index contributed by atoms with van der Waals surface area (Å²) in [4.78, 5) is 19.6. The Morgan fingerprint density at radius 2 is 1.77 bits per heavy atom. The molecule has 6 heterocycles. The number of pyridine rings is 3. The van der Waals surface area contributed by atoms with Crippen LogP contribution in [0.4, 0.5) is 4.39 Å². The molecule has 1 aromatic carbocycles. The van der Waals surface area contributed by atoms with Gasteiger partial charge in [0.2, 0.25) is 0 Å². The molecule has 9 heteroatoms. The Hall–Kier alpha value is -4.63. The highest BCUT2D eigenvalue weighted by molar-refractivity contribution is 6.00. The van der Waals surface area contributed by atoms with Gasteiger partial charge in [-0.05, 0) is 67.9 Å². The normalized spacial score (nSPS) is 14.0. The molecule has 1 saturated heterocycles. The Morgan fingerprint density at radius 3 is 2.64 bits per heavy atom. The van der Waals surface area contributed by atoms with Crippen LogP contribution in [0.3, 0.4) is 0 Å². The highest BCUT2D eigenvalue weighted by atomic mass is 19.1. The van der Waals surface area contributed by atoms with Gasteiger partial charge in [-0.25, -0.2) is 9.37 Å². The molecule has 0 atom stereocenters. The van der Waals surface area contributed by atoms with Gasteiger partial charge in [-0.15, -0.1) is 0 Å². The van der Waals surface area contributed by atoms with Crippen LogP contribution in [-0.4, -0.2) is 55.2 Å². The van der Waals surface area contributed by atoms with E-state index in [-0.39, 0.29) is 5.82 Å². The van der Waals surface area contributed by atoms with E-state index in [1.54, 1.807) is 12.3 Å². The second-order valence-electron chi connectivity index (χ2n) is 9.94. The Kier molecular flexibility index (Phi) is 5.78. The number of halogens is 1. The predicted molar refractivity (Wildman–Crippen MR) is 149 cm³/mol. The summed E-state index contributed by atoms with van der Waals surface area (Å²) in [6.45, 7) is 3.20. The summed E-state index contributed by atoms with van der Waals surface area (Å²) in [6, 6.07) is 12.8. The number of rotatable bonds is 6. The number of nitrogens with one attached hydrogen (secondary N) is 2. The Balaban J connectivity index is 1.28. The number of benzene rings is 1. The van der Waals surface area contributed by atoms with Crippen LogP contribution in [0.2, 0.25) is 0 Å². The molecule has 1 aliphatic heterocycles. The van der Waals surface area contributed by atoms with E-state index in [0.29, 0.717) is 22.7 Å². The minimum Gasteiger partial charge on any atom is -0.497 e. The van der Waals surface area contributed by atoms with Crippen molar-refractivity contribution in [2.24, 2.45) is 0 Å². The van der Waals surface area contributed by atoms with Gasteiger partial charge < -0.3 is 9.72 Å². The van der Waals surface area contributed by atoms with E-state index < -0.39 is 0 Å². The van der Waals surface area contributed by atoms with Crippen molar-refractivity contribution in [3.63, 3.8) is 0 Å². The molecule has 0 saturated carbocycles. The molecule has 6 aromatic rings. The van der Waals surface area contributed by atoms with E-state index in [1.807, 2.05) is 30.7 Å². The van der Waals surface area contributed by atoms with Crippen LogP contribution in [0.25, 0.3) is 55.7 Å². The topological polar surface area (TPSA) is 95.6 Å². The fraction of sp³-hybridized carbons (Fsp3) is 0.200. The largest absolute Gasteiger partial charge is 0.497 e. The van der Waals surface area contributed by atoms with Crippen LogP contribution < -0.4 is 4.74 Å². The third-order valence-corrected chi connectivity index (χ3v) is 7.33. The summed E-state index contributed by atoms with van der Waals surface area (Å²) < 4.78 is 19.5. The molecule has 7 rings (SSSR count). The van der Waals surface area contributed by atoms with Crippen molar-refractivity contribution >= 4 is 21.9 Å². The summed E-state index contributed by atoms with van der Waals surface area (Å²) in [5.41, 5.74) is 7.63. The molecule has 0 spiro atoms. The molecule has 0 aliphatic carbocycles. The van der Waals surface area contributed by atoms with Crippen molar-refractivity contribution in [2.75, 3.05) is 20.2 Å². The molecular formula is C30H26FN7O. The number of hydrogen-bond donors (Lipinski definition) is 2. The fourth-order valence-electron chi connectivity index (χ4n) is 5.43. The fourth-order valence-corrected chi connectivity index (χ4v) is 5.43. The number of likely N-dealkylation sites (tertiary alicyclic amines) is 1. The maximum absolute atomic E-state index is 14.3. The van der Waals surface area contributed by atoms with E-state index in [2.05, 4.69) is 47.2 Å². The molecule has 0 unspecified atom stereocenters. The van der Waals surface area contributed by atoms with Gasteiger partial charge in [0.25, 0.3) is 0 Å². The van der Waals surface area contributed by atoms with Crippen molar-refractivity contribution in [1.29, 1.82) is 0 Å². The van der Waals surface area contributed by atoms with Crippen LogP contribution >= 0.6 is 0 Å². The SMILES string of the molecule is COc1cc(F)cc(-c2nccc3[nH]c(-c4n[nH]c5ncc(-c6cncc(CN7CCCC7)c6)cc45)cc23)c1. The maximum atomic E-state index is 14.3. The highest BCUT2D eigenvalue weighted by Crippen LogP contribution is 2.35. The van der Waals surface area contributed by atoms with Gasteiger partial charge in [0.15, 0.2) is 5.65 Å². The average molecular weight is 520 g/mol. The second-order valence-corrected chi connectivity index (χ2v) is 9.94. The van der Waals surface area contributed by atoms with Crippen LogP contribution in [0.5, 0.6) is 5.75 Å². The number of hydrogen-bond acceptors (Lipinski definition) is 6. The zero-order valence-electron chi connectivity index (χ0n) is 21.4. The number of nitrogens with zero attached hydrogens (tertiary/aromatic N) is 5. The maximum Gasteiger partial charge on any atom is 0.155 e. The van der Waals surface area contributed by atoms with E-state index in [4.69, 9.17) is 4.74 Å². The quantitative estimate of drug-likeness (QED) is 0.281. The minimum absolute atomic E-state index is 0.380. The van der Waals surface area contributed by atoms with Crippen molar-refractivity contribution in [2.45, 2.75) is 19.4 Å². The monoisotopic (exact) mass is 519 g/mol. The first-order valence-corrected chi connectivity index (χ1v) is 13.0. The zero-order valence-corrected chi connectivity index (χ0v) is 21.4. The van der Waals surface area contributed by atoms with Gasteiger partial charge in [0.05, 0.1) is 18.5 Å². The molecule has 0 bridgehead atoms. The molecule has 39 heavy (non-hydrogen) atoms. The first kappa shape index (κ1) is 23.5. The van der Waals surface area contributed by atoms with Crippen molar-refractivity contribution < 1.29 is 9.13 Å². The van der Waals surface area contributed by atoms with Gasteiger partial charge in [-0.3, -0.25) is 20.0 Å². The van der Waals surface area contributed by atoms with Crippen molar-refractivity contribution in [3.8, 4) is 39.5 Å². The van der Waals surface area contributed by atoms with Crippen LogP contribution in [0, 0.1) is 5.82 Å². The van der Waals surface area contributed by atoms with E-state index >= 15 is 0 Å². The number of aromatic nitrogens is 6. The average Bonchev–Trinajstić information content (AvgIpc) is 3.72. The number of H-pyrrole nitrogens is 2. The zero-order chi connectivity index (χ0) is 26.3. The highest BCUT2D eigenvalue weighted by Gasteiger charge is 2.17. The summed E-state index contributed by atoms with van der Waals surface area (Å²) in [6.07, 6.45) is 9.91. The van der Waals surface area contributed by atoms with Crippen LogP contribution in [0.15, 0.2) is 67.3 Å². The standard InChI is InChI=1S/C30H26FN7O/c1-39-23-10-19(9-22(31)12-23)28-24-13-27(35-26(24)4-5-33-28)29-25-11-21(16-34-30(25)37-36-29)20-8-18(14-32-15-20)17-38-6-2-3-7-38/h4-5,8-16,35H,2-3,6-7,17H2,1H3,(H,34,36,37). The molecule has 0 amide bonds. The van der Waals surface area contributed by atoms with Crippen molar-refractivity contribution in [1.82, 2.24) is 35.0 Å².